The first-order valence-electron chi connectivity index (χ1n) is 5.68. The highest BCUT2D eigenvalue weighted by atomic mass is 16.5. The second-order valence-corrected chi connectivity index (χ2v) is 5.29. The summed E-state index contributed by atoms with van der Waals surface area (Å²) in [6.45, 7) is 7.14. The molecule has 5 nitrogen and oxygen atoms in total. The lowest BCUT2D eigenvalue weighted by Gasteiger charge is -2.17. The minimum atomic E-state index is 0.242. The van der Waals surface area contributed by atoms with Gasteiger partial charge in [0.2, 0.25) is 5.65 Å². The molecule has 0 aliphatic heterocycles. The van der Waals surface area contributed by atoms with Crippen LogP contribution in [-0.4, -0.2) is 21.0 Å². The topological polar surface area (TPSA) is 65.4 Å². The molecule has 0 radical (unpaired) electrons. The van der Waals surface area contributed by atoms with E-state index >= 15 is 0 Å². The van der Waals surface area contributed by atoms with E-state index in [4.69, 9.17) is 10.5 Å². The van der Waals surface area contributed by atoms with Gasteiger partial charge in [0.25, 0.3) is 5.88 Å². The van der Waals surface area contributed by atoms with Crippen LogP contribution in [0.15, 0.2) is 18.6 Å². The number of nitrogen functional groups attached to an aromatic ring is 1. The fourth-order valence-electron chi connectivity index (χ4n) is 1.47. The Balaban J connectivity index is 2.15. The quantitative estimate of drug-likeness (QED) is 0.883. The van der Waals surface area contributed by atoms with Gasteiger partial charge in [-0.1, -0.05) is 20.8 Å². The van der Waals surface area contributed by atoms with Gasteiger partial charge in [-0.3, -0.25) is 4.40 Å². The second-order valence-electron chi connectivity index (χ2n) is 5.29. The van der Waals surface area contributed by atoms with Gasteiger partial charge >= 0.3 is 0 Å². The molecule has 0 aromatic carbocycles. The fourth-order valence-corrected chi connectivity index (χ4v) is 1.47. The van der Waals surface area contributed by atoms with Crippen LogP contribution in [-0.2, 0) is 0 Å². The molecule has 0 amide bonds. The highest BCUT2D eigenvalue weighted by Gasteiger charge is 2.12. The lowest BCUT2D eigenvalue weighted by atomic mass is 9.93. The zero-order chi connectivity index (χ0) is 12.5. The number of nitrogens with two attached hydrogens (primary N) is 1. The third kappa shape index (κ3) is 2.87. The van der Waals surface area contributed by atoms with Crippen molar-refractivity contribution in [2.24, 2.45) is 5.41 Å². The Morgan fingerprint density at radius 3 is 2.88 bits per heavy atom. The molecule has 2 aromatic rings. The standard InChI is InChI=1S/C12H18N4O/c1-12(2,3)4-7-17-11-10-14-5-6-16(10)8-9(13)15-11/h5-6,8H,4,7,13H2,1-3H3. The minimum absolute atomic E-state index is 0.242. The molecule has 17 heavy (non-hydrogen) atoms. The van der Waals surface area contributed by atoms with E-state index in [2.05, 4.69) is 30.7 Å². The van der Waals surface area contributed by atoms with Crippen LogP contribution in [0, 0.1) is 5.41 Å². The molecule has 2 N–H and O–H groups in total. The molecule has 0 saturated carbocycles. The van der Waals surface area contributed by atoms with E-state index in [1.807, 2.05) is 10.6 Å². The van der Waals surface area contributed by atoms with Gasteiger partial charge in [-0.15, -0.1) is 0 Å². The van der Waals surface area contributed by atoms with E-state index in [0.29, 0.717) is 24.0 Å². The maximum atomic E-state index is 5.70. The molecule has 0 aliphatic carbocycles. The van der Waals surface area contributed by atoms with Crippen molar-refractivity contribution in [1.29, 1.82) is 0 Å². The number of rotatable bonds is 3. The number of hydrogen-bond acceptors (Lipinski definition) is 4. The average Bonchev–Trinajstić information content (AvgIpc) is 2.63. The smallest absolute Gasteiger partial charge is 0.260 e. The fraction of sp³-hybridized carbons (Fsp3) is 0.500. The van der Waals surface area contributed by atoms with Crippen LogP contribution in [0.25, 0.3) is 5.65 Å². The van der Waals surface area contributed by atoms with Gasteiger partial charge < -0.3 is 10.5 Å². The molecule has 0 spiro atoms. The second kappa shape index (κ2) is 4.24. The summed E-state index contributed by atoms with van der Waals surface area (Å²) >= 11 is 0. The first-order chi connectivity index (χ1) is 7.96. The van der Waals surface area contributed by atoms with E-state index in [1.165, 1.54) is 0 Å². The summed E-state index contributed by atoms with van der Waals surface area (Å²) in [6, 6.07) is 0. The molecule has 2 heterocycles. The molecule has 0 unspecified atom stereocenters. The van der Waals surface area contributed by atoms with E-state index in [0.717, 1.165) is 6.42 Å². The van der Waals surface area contributed by atoms with Gasteiger partial charge in [-0.25, -0.2) is 4.98 Å². The average molecular weight is 234 g/mol. The lowest BCUT2D eigenvalue weighted by Crippen LogP contribution is -2.12. The Morgan fingerprint density at radius 1 is 1.41 bits per heavy atom. The minimum Gasteiger partial charge on any atom is -0.475 e. The summed E-state index contributed by atoms with van der Waals surface area (Å²) in [4.78, 5) is 8.36. The summed E-state index contributed by atoms with van der Waals surface area (Å²) in [6.07, 6.45) is 6.20. The molecule has 92 valence electrons. The van der Waals surface area contributed by atoms with Crippen molar-refractivity contribution in [2.75, 3.05) is 12.3 Å². The number of hydrogen-bond donors (Lipinski definition) is 1. The van der Waals surface area contributed by atoms with Gasteiger partial charge in [0.1, 0.15) is 5.82 Å². The monoisotopic (exact) mass is 234 g/mol. The van der Waals surface area contributed by atoms with Gasteiger partial charge in [-0.05, 0) is 11.8 Å². The Bertz CT molecular complexity index is 513. The van der Waals surface area contributed by atoms with Crippen LogP contribution in [0.1, 0.15) is 27.2 Å². The summed E-state index contributed by atoms with van der Waals surface area (Å²) in [7, 11) is 0. The SMILES string of the molecule is CC(C)(C)CCOc1nc(N)cn2ccnc12. The van der Waals surface area contributed by atoms with E-state index < -0.39 is 0 Å². The molecule has 0 saturated heterocycles. The third-order valence-corrected chi connectivity index (χ3v) is 2.45. The Labute approximate surface area is 101 Å². The summed E-state index contributed by atoms with van der Waals surface area (Å²) in [5.41, 5.74) is 6.65. The van der Waals surface area contributed by atoms with Crippen molar-refractivity contribution in [2.45, 2.75) is 27.2 Å². The highest BCUT2D eigenvalue weighted by molar-refractivity contribution is 5.52. The van der Waals surface area contributed by atoms with Crippen LogP contribution >= 0.6 is 0 Å². The Kier molecular flexibility index (Phi) is 2.92. The molecular formula is C12H18N4O. The van der Waals surface area contributed by atoms with Crippen molar-refractivity contribution >= 4 is 11.5 Å². The summed E-state index contributed by atoms with van der Waals surface area (Å²) < 4.78 is 7.47. The van der Waals surface area contributed by atoms with Gasteiger partial charge in [0.15, 0.2) is 0 Å². The first kappa shape index (κ1) is 11.7. The lowest BCUT2D eigenvalue weighted by molar-refractivity contribution is 0.238. The zero-order valence-corrected chi connectivity index (χ0v) is 10.5. The predicted octanol–water partition coefficient (Wildman–Crippen LogP) is 2.13. The van der Waals surface area contributed by atoms with Crippen LogP contribution in [0.4, 0.5) is 5.82 Å². The maximum Gasteiger partial charge on any atom is 0.260 e. The van der Waals surface area contributed by atoms with Gasteiger partial charge in [-0.2, -0.15) is 4.98 Å². The number of imidazole rings is 1. The number of ether oxygens (including phenoxy) is 1. The van der Waals surface area contributed by atoms with Crippen LogP contribution in [0.5, 0.6) is 5.88 Å². The summed E-state index contributed by atoms with van der Waals surface area (Å²) in [5, 5.41) is 0. The van der Waals surface area contributed by atoms with E-state index in [1.54, 1.807) is 12.4 Å². The number of anilines is 1. The van der Waals surface area contributed by atoms with Crippen molar-refractivity contribution in [3.05, 3.63) is 18.6 Å². The molecule has 0 aliphatic rings. The van der Waals surface area contributed by atoms with Crippen molar-refractivity contribution in [3.8, 4) is 5.88 Å². The molecule has 2 aromatic heterocycles. The normalized spacial score (nSPS) is 11.9. The van der Waals surface area contributed by atoms with Crippen LogP contribution < -0.4 is 10.5 Å². The third-order valence-electron chi connectivity index (χ3n) is 2.45. The molecule has 5 heteroatoms. The van der Waals surface area contributed by atoms with E-state index in [-0.39, 0.29) is 5.41 Å². The molecule has 0 atom stereocenters. The Hall–Kier alpha value is -1.78. The first-order valence-corrected chi connectivity index (χ1v) is 5.68. The maximum absolute atomic E-state index is 5.70. The molecule has 0 bridgehead atoms. The highest BCUT2D eigenvalue weighted by Crippen LogP contribution is 2.21. The molecular weight excluding hydrogens is 216 g/mol. The number of fused-ring (bicyclic) bond motifs is 1. The van der Waals surface area contributed by atoms with Crippen molar-refractivity contribution in [1.82, 2.24) is 14.4 Å². The van der Waals surface area contributed by atoms with Gasteiger partial charge in [0.05, 0.1) is 12.8 Å². The van der Waals surface area contributed by atoms with Crippen molar-refractivity contribution in [3.63, 3.8) is 0 Å². The molecule has 0 fully saturated rings. The van der Waals surface area contributed by atoms with Gasteiger partial charge in [0, 0.05) is 12.4 Å². The summed E-state index contributed by atoms with van der Waals surface area (Å²) in [5.74, 6) is 0.931. The van der Waals surface area contributed by atoms with Crippen LogP contribution in [0.3, 0.4) is 0 Å². The Morgan fingerprint density at radius 2 is 2.18 bits per heavy atom. The number of nitrogens with zero attached hydrogens (tertiary/aromatic N) is 3. The largest absolute Gasteiger partial charge is 0.475 e. The predicted molar refractivity (Wildman–Crippen MR) is 67.0 cm³/mol. The molecule has 2 rings (SSSR count). The van der Waals surface area contributed by atoms with Crippen LogP contribution in [0.2, 0.25) is 0 Å². The zero-order valence-electron chi connectivity index (χ0n) is 10.5. The number of aromatic nitrogens is 3. The van der Waals surface area contributed by atoms with Crippen molar-refractivity contribution < 1.29 is 4.74 Å². The van der Waals surface area contributed by atoms with E-state index in [9.17, 15) is 0 Å².